The molecule has 10 atom stereocenters. The van der Waals surface area contributed by atoms with Gasteiger partial charge in [0.15, 0.2) is 12.1 Å². The van der Waals surface area contributed by atoms with Gasteiger partial charge in [-0.2, -0.15) is 0 Å². The zero-order chi connectivity index (χ0) is 38.6. The van der Waals surface area contributed by atoms with E-state index in [1.54, 1.807) is 30.4 Å². The molecular weight excluding hydrogens is 684 g/mol. The molecule has 54 heavy (non-hydrogen) atoms. The Balaban J connectivity index is 1.09. The third-order valence-corrected chi connectivity index (χ3v) is 15.1. The van der Waals surface area contributed by atoms with Gasteiger partial charge >= 0.3 is 23.9 Å². The molecule has 0 radical (unpaired) electrons. The summed E-state index contributed by atoms with van der Waals surface area (Å²) < 4.78 is 23.0. The van der Waals surface area contributed by atoms with Crippen LogP contribution in [0, 0.1) is 52.3 Å². The summed E-state index contributed by atoms with van der Waals surface area (Å²) in [7, 11) is 0. The zero-order valence-electron chi connectivity index (χ0n) is 33.1. The van der Waals surface area contributed by atoms with Gasteiger partial charge in [0.05, 0.1) is 28.9 Å². The second-order valence-electron chi connectivity index (χ2n) is 18.5. The molecule has 6 aliphatic rings. The van der Waals surface area contributed by atoms with E-state index in [9.17, 15) is 24.3 Å². The first kappa shape index (κ1) is 39.1. The van der Waals surface area contributed by atoms with Gasteiger partial charge in [0.25, 0.3) is 0 Å². The Morgan fingerprint density at radius 1 is 0.852 bits per heavy atom. The number of rotatable bonds is 13. The summed E-state index contributed by atoms with van der Waals surface area (Å²) in [6.07, 6.45) is 15.6. The van der Waals surface area contributed by atoms with Gasteiger partial charge in [0, 0.05) is 18.8 Å². The van der Waals surface area contributed by atoms with Gasteiger partial charge < -0.3 is 24.1 Å². The largest absolute Gasteiger partial charge is 0.386 e. The van der Waals surface area contributed by atoms with E-state index in [1.807, 2.05) is 0 Å². The number of ether oxygens (including phenoxy) is 4. The number of carbonyl (C=O) groups excluding carboxylic acids is 4. The van der Waals surface area contributed by atoms with Crippen LogP contribution in [0.15, 0.2) is 41.5 Å². The Hall–Kier alpha value is -3.14. The summed E-state index contributed by atoms with van der Waals surface area (Å²) >= 11 is 0. The minimum Gasteiger partial charge on any atom is -0.386 e. The van der Waals surface area contributed by atoms with Crippen LogP contribution in [0.25, 0.3) is 0 Å². The maximum atomic E-state index is 12.4. The highest BCUT2D eigenvalue weighted by Gasteiger charge is 2.57. The van der Waals surface area contributed by atoms with Crippen molar-refractivity contribution in [3.05, 3.63) is 58.2 Å². The van der Waals surface area contributed by atoms with Crippen molar-refractivity contribution in [2.75, 3.05) is 0 Å². The molecule has 1 aromatic carbocycles. The van der Waals surface area contributed by atoms with Crippen LogP contribution in [-0.4, -0.2) is 41.1 Å². The number of hydrogen-bond acceptors (Lipinski definition) is 9. The van der Waals surface area contributed by atoms with Crippen LogP contribution in [-0.2, 0) is 35.1 Å². The number of aliphatic hydroxyl groups excluding tert-OH is 1. The van der Waals surface area contributed by atoms with Gasteiger partial charge in [-0.15, -0.1) is 0 Å². The topological polar surface area (TPSA) is 125 Å². The van der Waals surface area contributed by atoms with Crippen molar-refractivity contribution in [3.63, 3.8) is 0 Å². The maximum Gasteiger partial charge on any atom is 0.346 e. The lowest BCUT2D eigenvalue weighted by Crippen LogP contribution is -2.53. The van der Waals surface area contributed by atoms with Crippen molar-refractivity contribution >= 4 is 23.9 Å². The molecule has 2 aliphatic heterocycles. The fourth-order valence-corrected chi connectivity index (χ4v) is 11.7. The average Bonchev–Trinajstić information content (AvgIpc) is 3.75. The minimum absolute atomic E-state index is 0.0777. The molecule has 1 N–H and O–H groups in total. The molecule has 0 aromatic heterocycles. The van der Waals surface area contributed by atoms with Crippen molar-refractivity contribution in [2.45, 2.75) is 144 Å². The molecule has 10 unspecified atom stereocenters. The van der Waals surface area contributed by atoms with Crippen molar-refractivity contribution < 1.29 is 43.2 Å². The van der Waals surface area contributed by atoms with Crippen molar-refractivity contribution in [1.29, 1.82) is 0 Å². The van der Waals surface area contributed by atoms with E-state index >= 15 is 0 Å². The molecule has 2 heterocycles. The molecule has 0 amide bonds. The van der Waals surface area contributed by atoms with E-state index in [1.165, 1.54) is 51.4 Å². The second-order valence-corrected chi connectivity index (χ2v) is 18.5. The van der Waals surface area contributed by atoms with E-state index < -0.39 is 41.9 Å². The zero-order valence-corrected chi connectivity index (χ0v) is 33.1. The summed E-state index contributed by atoms with van der Waals surface area (Å²) in [6.45, 7) is 14.6. The van der Waals surface area contributed by atoms with Crippen LogP contribution in [0.5, 0.6) is 0 Å². The Labute approximate surface area is 320 Å². The fraction of sp³-hybridized carbons (Fsp3) is 0.689. The average molecular weight is 745 g/mol. The van der Waals surface area contributed by atoms with Crippen LogP contribution in [0.3, 0.4) is 0 Å². The standard InChI is InChI=1S/C45H60O9/c1-7-30-24-45(51-25-28-11-14-33-35(21-28)41(49)52-39(33)47,54-38(46)29-12-15-34-36(22-29)42(50)53-40(34)48)20-19-43(30,5)32-17-18-44(6)31(23-32)13-16-37(44)27(4)10-8-9-26(2)3/h11,14-15,21-22,26-27,29-32,37-38,46H,7-10,12-13,16-20,23-25H2,1-6H3. The quantitative estimate of drug-likeness (QED) is 0.120. The molecular formula is C45H60O9. The van der Waals surface area contributed by atoms with Crippen LogP contribution in [0.1, 0.15) is 151 Å². The Morgan fingerprint density at radius 2 is 1.57 bits per heavy atom. The van der Waals surface area contributed by atoms with E-state index in [0.717, 1.165) is 36.5 Å². The van der Waals surface area contributed by atoms with Gasteiger partial charge in [0.1, 0.15) is 0 Å². The molecule has 9 nitrogen and oxygen atoms in total. The van der Waals surface area contributed by atoms with Gasteiger partial charge in [0.2, 0.25) is 0 Å². The molecule has 1 saturated heterocycles. The lowest BCUT2D eigenvalue weighted by Gasteiger charge is -2.56. The number of carbonyl (C=O) groups is 4. The predicted molar refractivity (Wildman–Crippen MR) is 201 cm³/mol. The van der Waals surface area contributed by atoms with Gasteiger partial charge in [-0.25, -0.2) is 19.2 Å². The number of fused-ring (bicyclic) bond motifs is 3. The van der Waals surface area contributed by atoms with Crippen molar-refractivity contribution in [1.82, 2.24) is 0 Å². The monoisotopic (exact) mass is 744 g/mol. The summed E-state index contributed by atoms with van der Waals surface area (Å²) in [6, 6.07) is 4.98. The van der Waals surface area contributed by atoms with Crippen LogP contribution >= 0.6 is 0 Å². The normalized spacial score (nSPS) is 35.9. The molecule has 3 saturated carbocycles. The molecule has 0 spiro atoms. The Kier molecular flexibility index (Phi) is 10.9. The lowest BCUT2D eigenvalue weighted by molar-refractivity contribution is -0.337. The van der Waals surface area contributed by atoms with E-state index in [4.69, 9.17) is 18.9 Å². The summed E-state index contributed by atoms with van der Waals surface area (Å²) in [5, 5.41) is 11.7. The van der Waals surface area contributed by atoms with Crippen LogP contribution < -0.4 is 0 Å². The highest BCUT2D eigenvalue weighted by Crippen LogP contribution is 2.64. The molecule has 4 fully saturated rings. The molecule has 9 heteroatoms. The van der Waals surface area contributed by atoms with Crippen LogP contribution in [0.2, 0.25) is 0 Å². The number of hydrogen-bond donors (Lipinski definition) is 1. The van der Waals surface area contributed by atoms with Gasteiger partial charge in [-0.05, 0) is 109 Å². The minimum atomic E-state index is -1.30. The highest BCUT2D eigenvalue weighted by molar-refractivity contribution is 6.18. The highest BCUT2D eigenvalue weighted by atomic mass is 16.7. The molecule has 1 aromatic rings. The van der Waals surface area contributed by atoms with Crippen molar-refractivity contribution in [2.24, 2.45) is 52.3 Å². The lowest BCUT2D eigenvalue weighted by atomic mass is 9.51. The first-order chi connectivity index (χ1) is 25.7. The number of benzene rings is 1. The Bertz CT molecular complexity index is 1720. The smallest absolute Gasteiger partial charge is 0.346 e. The number of cyclic esters (lactones) is 4. The van der Waals surface area contributed by atoms with Crippen molar-refractivity contribution in [3.8, 4) is 0 Å². The molecule has 4 aliphatic carbocycles. The maximum absolute atomic E-state index is 12.4. The van der Waals surface area contributed by atoms with E-state index in [0.29, 0.717) is 36.2 Å². The first-order valence-corrected chi connectivity index (χ1v) is 20.7. The van der Waals surface area contributed by atoms with Gasteiger partial charge in [-0.1, -0.05) is 85.4 Å². The fourth-order valence-electron chi connectivity index (χ4n) is 11.7. The summed E-state index contributed by atoms with van der Waals surface area (Å²) in [5.41, 5.74) is 2.04. The molecule has 0 bridgehead atoms. The number of allylic oxidation sites excluding steroid dienone is 1. The van der Waals surface area contributed by atoms with E-state index in [-0.39, 0.29) is 40.2 Å². The number of aliphatic hydroxyl groups is 1. The third-order valence-electron chi connectivity index (χ3n) is 15.1. The molecule has 294 valence electrons. The second kappa shape index (κ2) is 15.1. The number of esters is 4. The summed E-state index contributed by atoms with van der Waals surface area (Å²) in [5.74, 6) is -0.464. The first-order valence-electron chi connectivity index (χ1n) is 20.7. The van der Waals surface area contributed by atoms with E-state index in [2.05, 4.69) is 41.5 Å². The summed E-state index contributed by atoms with van der Waals surface area (Å²) in [4.78, 5) is 48.9. The molecule has 7 rings (SSSR count). The predicted octanol–water partition coefficient (Wildman–Crippen LogP) is 9.01. The van der Waals surface area contributed by atoms with Crippen LogP contribution in [0.4, 0.5) is 0 Å². The SMILES string of the molecule is CCC1CC(OCc2ccc3c(c2)C(=O)OC3=O)(OC(O)C2C=C3C(=O)OC(=O)C3=CC2)CCC1(C)C1CCC2(C)C(CCC2C(C)CCCC(C)C)C1. The third kappa shape index (κ3) is 7.18. The Morgan fingerprint density at radius 3 is 2.33 bits per heavy atom. The van der Waals surface area contributed by atoms with Gasteiger partial charge in [-0.3, -0.25) is 0 Å².